The summed E-state index contributed by atoms with van der Waals surface area (Å²) in [6.45, 7) is 0.605. The SMILES string of the molecule is Cc1cc(C(=O)NCc2nc(-c3cc4c(N)cccc4n3CC(F)(F)F)no2)cs1. The third kappa shape index (κ3) is 4.01. The molecule has 0 spiro atoms. The van der Waals surface area contributed by atoms with Crippen molar-refractivity contribution in [2.45, 2.75) is 26.2 Å². The van der Waals surface area contributed by atoms with Crippen LogP contribution in [0.4, 0.5) is 18.9 Å². The molecule has 0 aliphatic heterocycles. The summed E-state index contributed by atoms with van der Waals surface area (Å²) in [5, 5.41) is 8.63. The van der Waals surface area contributed by atoms with E-state index in [1.165, 1.54) is 17.4 Å². The van der Waals surface area contributed by atoms with E-state index < -0.39 is 12.7 Å². The van der Waals surface area contributed by atoms with E-state index in [9.17, 15) is 18.0 Å². The van der Waals surface area contributed by atoms with Gasteiger partial charge in [-0.3, -0.25) is 4.79 Å². The van der Waals surface area contributed by atoms with Gasteiger partial charge in [-0.15, -0.1) is 11.3 Å². The van der Waals surface area contributed by atoms with E-state index in [0.717, 1.165) is 9.44 Å². The first kappa shape index (κ1) is 20.0. The molecule has 3 aromatic heterocycles. The zero-order chi connectivity index (χ0) is 21.5. The molecule has 4 rings (SSSR count). The number of amides is 1. The summed E-state index contributed by atoms with van der Waals surface area (Å²) in [5.41, 5.74) is 7.21. The molecule has 3 heterocycles. The minimum Gasteiger partial charge on any atom is -0.398 e. The van der Waals surface area contributed by atoms with Gasteiger partial charge in [0.05, 0.1) is 23.3 Å². The van der Waals surface area contributed by atoms with Crippen molar-refractivity contribution in [3.05, 3.63) is 52.0 Å². The molecule has 11 heteroatoms. The summed E-state index contributed by atoms with van der Waals surface area (Å²) in [7, 11) is 0. The molecule has 0 atom stereocenters. The molecule has 4 aromatic rings. The second-order valence-corrected chi connectivity index (χ2v) is 7.77. The molecule has 0 saturated heterocycles. The summed E-state index contributed by atoms with van der Waals surface area (Å²) in [4.78, 5) is 17.3. The molecule has 30 heavy (non-hydrogen) atoms. The van der Waals surface area contributed by atoms with E-state index in [1.54, 1.807) is 29.6 Å². The van der Waals surface area contributed by atoms with E-state index in [0.29, 0.717) is 22.2 Å². The van der Waals surface area contributed by atoms with Gasteiger partial charge < -0.3 is 20.1 Å². The average molecular weight is 435 g/mol. The van der Waals surface area contributed by atoms with Crippen LogP contribution in [0.5, 0.6) is 0 Å². The second-order valence-electron chi connectivity index (χ2n) is 6.65. The first-order valence-electron chi connectivity index (χ1n) is 8.82. The smallest absolute Gasteiger partial charge is 0.398 e. The summed E-state index contributed by atoms with van der Waals surface area (Å²) in [6.07, 6.45) is -4.45. The van der Waals surface area contributed by atoms with Crippen LogP contribution in [0.1, 0.15) is 21.1 Å². The number of hydrogen-bond acceptors (Lipinski definition) is 6. The van der Waals surface area contributed by atoms with Crippen molar-refractivity contribution in [3.8, 4) is 11.5 Å². The van der Waals surface area contributed by atoms with Gasteiger partial charge in [0.2, 0.25) is 11.7 Å². The Balaban J connectivity index is 1.61. The summed E-state index contributed by atoms with van der Waals surface area (Å²) in [5.74, 6) is -0.259. The van der Waals surface area contributed by atoms with Crippen LogP contribution >= 0.6 is 11.3 Å². The lowest BCUT2D eigenvalue weighted by Gasteiger charge is -2.11. The molecule has 7 nitrogen and oxygen atoms in total. The van der Waals surface area contributed by atoms with Crippen LogP contribution < -0.4 is 11.1 Å². The monoisotopic (exact) mass is 435 g/mol. The van der Waals surface area contributed by atoms with Crippen LogP contribution in [-0.2, 0) is 13.1 Å². The zero-order valence-electron chi connectivity index (χ0n) is 15.7. The molecule has 1 amide bonds. The second kappa shape index (κ2) is 7.48. The summed E-state index contributed by atoms with van der Waals surface area (Å²) < 4.78 is 45.6. The topological polar surface area (TPSA) is 99.0 Å². The van der Waals surface area contributed by atoms with Gasteiger partial charge in [0.15, 0.2) is 0 Å². The molecule has 0 aliphatic rings. The fourth-order valence-corrected chi connectivity index (χ4v) is 3.78. The van der Waals surface area contributed by atoms with E-state index in [-0.39, 0.29) is 29.9 Å². The van der Waals surface area contributed by atoms with Crippen molar-refractivity contribution < 1.29 is 22.5 Å². The Labute approximate surface area is 172 Å². The van der Waals surface area contributed by atoms with Crippen LogP contribution in [0.3, 0.4) is 0 Å². The van der Waals surface area contributed by atoms with Gasteiger partial charge >= 0.3 is 6.18 Å². The molecule has 0 aliphatic carbocycles. The lowest BCUT2D eigenvalue weighted by Crippen LogP contribution is -2.22. The Morgan fingerprint density at radius 3 is 2.83 bits per heavy atom. The predicted molar refractivity (Wildman–Crippen MR) is 106 cm³/mol. The lowest BCUT2D eigenvalue weighted by molar-refractivity contribution is -0.139. The number of carbonyl (C=O) groups excluding carboxylic acids is 1. The number of hydrogen-bond donors (Lipinski definition) is 2. The first-order chi connectivity index (χ1) is 14.2. The summed E-state index contributed by atoms with van der Waals surface area (Å²) >= 11 is 1.45. The molecular weight excluding hydrogens is 419 g/mol. The van der Waals surface area contributed by atoms with Gasteiger partial charge in [-0.2, -0.15) is 18.2 Å². The number of nitrogens with two attached hydrogens (primary N) is 1. The highest BCUT2D eigenvalue weighted by atomic mass is 32.1. The number of nitrogen functional groups attached to an aromatic ring is 1. The van der Waals surface area contributed by atoms with Gasteiger partial charge in [-0.1, -0.05) is 11.2 Å². The molecule has 3 N–H and O–H groups in total. The molecule has 1 aromatic carbocycles. The number of fused-ring (bicyclic) bond motifs is 1. The predicted octanol–water partition coefficient (Wildman–Crippen LogP) is 4.14. The lowest BCUT2D eigenvalue weighted by atomic mass is 10.2. The van der Waals surface area contributed by atoms with Crippen molar-refractivity contribution in [1.82, 2.24) is 20.0 Å². The van der Waals surface area contributed by atoms with Gasteiger partial charge in [0.1, 0.15) is 6.54 Å². The largest absolute Gasteiger partial charge is 0.406 e. The van der Waals surface area contributed by atoms with Crippen molar-refractivity contribution in [1.29, 1.82) is 0 Å². The summed E-state index contributed by atoms with van der Waals surface area (Å²) in [6, 6.07) is 7.98. The van der Waals surface area contributed by atoms with E-state index >= 15 is 0 Å². The third-order valence-corrected chi connectivity index (χ3v) is 5.27. The number of benzene rings is 1. The number of carbonyl (C=O) groups is 1. The van der Waals surface area contributed by atoms with Gasteiger partial charge in [0, 0.05) is 21.3 Å². The Morgan fingerprint density at radius 2 is 2.13 bits per heavy atom. The van der Waals surface area contributed by atoms with Crippen molar-refractivity contribution in [3.63, 3.8) is 0 Å². The number of halogens is 3. The first-order valence-corrected chi connectivity index (χ1v) is 9.70. The number of rotatable bonds is 5. The van der Waals surface area contributed by atoms with Crippen LogP contribution in [0, 0.1) is 6.92 Å². The minimum absolute atomic E-state index is 0.0227. The van der Waals surface area contributed by atoms with Crippen molar-refractivity contribution >= 4 is 33.8 Å². The van der Waals surface area contributed by atoms with Crippen LogP contribution in [0.15, 0.2) is 40.2 Å². The molecule has 0 bridgehead atoms. The highest BCUT2D eigenvalue weighted by molar-refractivity contribution is 7.10. The van der Waals surface area contributed by atoms with E-state index in [1.807, 2.05) is 6.92 Å². The standard InChI is InChI=1S/C19H16F3N5O2S/c1-10-5-11(8-30-10)18(28)24-7-16-25-17(26-29-16)15-6-12-13(23)3-2-4-14(12)27(15)9-19(20,21)22/h2-6,8H,7,9,23H2,1H3,(H,24,28). The molecule has 0 saturated carbocycles. The van der Waals surface area contributed by atoms with Crippen LogP contribution in [0.2, 0.25) is 0 Å². The fourth-order valence-electron chi connectivity index (χ4n) is 3.09. The molecular formula is C19H16F3N5O2S. The Bertz CT molecular complexity index is 1220. The minimum atomic E-state index is -4.45. The molecule has 156 valence electrons. The van der Waals surface area contributed by atoms with Crippen LogP contribution in [0.25, 0.3) is 22.4 Å². The maximum Gasteiger partial charge on any atom is 0.406 e. The number of aromatic nitrogens is 3. The van der Waals surface area contributed by atoms with Gasteiger partial charge in [-0.25, -0.2) is 0 Å². The molecule has 0 unspecified atom stereocenters. The maximum absolute atomic E-state index is 13.2. The van der Waals surface area contributed by atoms with Crippen molar-refractivity contribution in [2.75, 3.05) is 5.73 Å². The van der Waals surface area contributed by atoms with Crippen molar-refractivity contribution in [2.24, 2.45) is 0 Å². The highest BCUT2D eigenvalue weighted by Gasteiger charge is 2.31. The molecule has 0 radical (unpaired) electrons. The number of aryl methyl sites for hydroxylation is 1. The number of nitrogens with one attached hydrogen (secondary N) is 1. The Kier molecular flexibility index (Phi) is 4.98. The third-order valence-electron chi connectivity index (χ3n) is 4.41. The number of thiophene rings is 1. The van der Waals surface area contributed by atoms with Gasteiger partial charge in [-0.05, 0) is 31.2 Å². The average Bonchev–Trinajstić information content (AvgIpc) is 3.38. The maximum atomic E-state index is 13.2. The Morgan fingerprint density at radius 1 is 1.33 bits per heavy atom. The Hall–Kier alpha value is -3.34. The normalized spacial score (nSPS) is 11.9. The quantitative estimate of drug-likeness (QED) is 0.459. The number of alkyl halides is 3. The molecule has 0 fully saturated rings. The van der Waals surface area contributed by atoms with Gasteiger partial charge in [0.25, 0.3) is 5.91 Å². The van der Waals surface area contributed by atoms with E-state index in [2.05, 4.69) is 15.5 Å². The fraction of sp³-hybridized carbons (Fsp3) is 0.211. The zero-order valence-corrected chi connectivity index (χ0v) is 16.5. The van der Waals surface area contributed by atoms with E-state index in [4.69, 9.17) is 10.3 Å². The highest BCUT2D eigenvalue weighted by Crippen LogP contribution is 2.32. The van der Waals surface area contributed by atoms with Crippen LogP contribution in [-0.4, -0.2) is 26.8 Å². The number of nitrogens with zero attached hydrogens (tertiary/aromatic N) is 3. The number of anilines is 1.